The number of rotatable bonds is 2. The molecule has 1 N–H and O–H groups in total. The summed E-state index contributed by atoms with van der Waals surface area (Å²) in [7, 11) is 2.14. The van der Waals surface area contributed by atoms with Gasteiger partial charge in [0, 0.05) is 24.9 Å². The van der Waals surface area contributed by atoms with Crippen molar-refractivity contribution in [1.82, 2.24) is 4.90 Å². The minimum atomic E-state index is -0.518. The lowest BCUT2D eigenvalue weighted by Crippen LogP contribution is -2.43. The number of piperidine rings is 1. The van der Waals surface area contributed by atoms with E-state index in [2.05, 4.69) is 33.2 Å². The molecule has 2 aliphatic heterocycles. The number of hydrogen-bond acceptors (Lipinski definition) is 3. The van der Waals surface area contributed by atoms with Crippen LogP contribution in [0, 0.1) is 5.82 Å². The second kappa shape index (κ2) is 5.93. The van der Waals surface area contributed by atoms with Gasteiger partial charge >= 0.3 is 6.09 Å². The maximum absolute atomic E-state index is 13.4. The zero-order valence-corrected chi connectivity index (χ0v) is 13.4. The Morgan fingerprint density at radius 3 is 2.71 bits per heavy atom. The Hall–Kier alpha value is -1.14. The smallest absolute Gasteiger partial charge is 0.411 e. The van der Waals surface area contributed by atoms with Gasteiger partial charge in [0.1, 0.15) is 11.9 Å². The van der Waals surface area contributed by atoms with E-state index in [1.165, 1.54) is 18.9 Å². The van der Waals surface area contributed by atoms with Gasteiger partial charge in [0.05, 0.1) is 10.2 Å². The predicted octanol–water partition coefficient (Wildman–Crippen LogP) is 3.76. The van der Waals surface area contributed by atoms with Gasteiger partial charge in [-0.1, -0.05) is 6.07 Å². The third kappa shape index (κ3) is 3.06. The monoisotopic (exact) mass is 356 g/mol. The van der Waals surface area contributed by atoms with Crippen molar-refractivity contribution >= 4 is 27.7 Å². The first-order chi connectivity index (χ1) is 10.0. The van der Waals surface area contributed by atoms with Gasteiger partial charge in [-0.2, -0.15) is 0 Å². The van der Waals surface area contributed by atoms with E-state index in [9.17, 15) is 9.18 Å². The Kier molecular flexibility index (Phi) is 4.17. The van der Waals surface area contributed by atoms with E-state index in [1.807, 2.05) is 0 Å². The molecule has 114 valence electrons. The van der Waals surface area contributed by atoms with E-state index in [0.717, 1.165) is 12.8 Å². The molecule has 1 amide bonds. The zero-order chi connectivity index (χ0) is 15.0. The van der Waals surface area contributed by atoms with Crippen molar-refractivity contribution in [3.63, 3.8) is 0 Å². The lowest BCUT2D eigenvalue weighted by molar-refractivity contribution is 0.0348. The summed E-state index contributed by atoms with van der Waals surface area (Å²) in [6.45, 7) is 0. The molecule has 2 bridgehead atoms. The van der Waals surface area contributed by atoms with Crippen LogP contribution in [0.15, 0.2) is 22.7 Å². The Bertz CT molecular complexity index is 540. The van der Waals surface area contributed by atoms with E-state index in [4.69, 9.17) is 4.74 Å². The Balaban J connectivity index is 1.59. The Morgan fingerprint density at radius 1 is 1.38 bits per heavy atom. The van der Waals surface area contributed by atoms with Crippen LogP contribution in [0.2, 0.25) is 0 Å². The molecule has 1 aromatic carbocycles. The molecule has 1 aromatic rings. The van der Waals surface area contributed by atoms with Crippen LogP contribution in [-0.2, 0) is 4.74 Å². The standard InChI is InChI=1S/C15H18BrFN2O2/c1-19-9-5-6-10(19)8-11(7-9)21-15(20)18-13-4-2-3-12(17)14(13)16/h2-4,9-11H,5-8H2,1H3,(H,18,20). The van der Waals surface area contributed by atoms with Crippen molar-refractivity contribution in [2.45, 2.75) is 43.9 Å². The fraction of sp³-hybridized carbons (Fsp3) is 0.533. The highest BCUT2D eigenvalue weighted by Crippen LogP contribution is 2.35. The highest BCUT2D eigenvalue weighted by Gasteiger charge is 2.39. The first kappa shape index (κ1) is 14.8. The van der Waals surface area contributed by atoms with Crippen LogP contribution in [0.3, 0.4) is 0 Å². The molecule has 6 heteroatoms. The number of nitrogens with one attached hydrogen (secondary N) is 1. The quantitative estimate of drug-likeness (QED) is 0.876. The van der Waals surface area contributed by atoms with Crippen molar-refractivity contribution in [3.05, 3.63) is 28.5 Å². The van der Waals surface area contributed by atoms with E-state index >= 15 is 0 Å². The molecule has 0 aliphatic carbocycles. The van der Waals surface area contributed by atoms with Gasteiger partial charge < -0.3 is 9.64 Å². The van der Waals surface area contributed by atoms with Crippen molar-refractivity contribution in [2.75, 3.05) is 12.4 Å². The third-order valence-corrected chi connectivity index (χ3v) is 5.32. The summed E-state index contributed by atoms with van der Waals surface area (Å²) in [6.07, 6.45) is 3.55. The van der Waals surface area contributed by atoms with Gasteiger partial charge in [-0.25, -0.2) is 9.18 Å². The van der Waals surface area contributed by atoms with Crippen LogP contribution < -0.4 is 5.32 Å². The van der Waals surface area contributed by atoms with Crippen molar-refractivity contribution in [3.8, 4) is 0 Å². The van der Waals surface area contributed by atoms with E-state index < -0.39 is 11.9 Å². The summed E-state index contributed by atoms with van der Waals surface area (Å²) in [5.41, 5.74) is 0.385. The van der Waals surface area contributed by atoms with E-state index in [-0.39, 0.29) is 10.6 Å². The highest BCUT2D eigenvalue weighted by atomic mass is 79.9. The molecule has 2 heterocycles. The molecule has 2 saturated heterocycles. The van der Waals surface area contributed by atoms with Gasteiger partial charge in [-0.3, -0.25) is 5.32 Å². The Morgan fingerprint density at radius 2 is 2.05 bits per heavy atom. The molecule has 2 unspecified atom stereocenters. The second-order valence-electron chi connectivity index (χ2n) is 5.78. The minimum Gasteiger partial charge on any atom is -0.446 e. The summed E-state index contributed by atoms with van der Waals surface area (Å²) in [4.78, 5) is 14.4. The van der Waals surface area contributed by atoms with Crippen LogP contribution in [0.5, 0.6) is 0 Å². The van der Waals surface area contributed by atoms with Crippen LogP contribution in [-0.4, -0.2) is 36.2 Å². The molecule has 0 aromatic heterocycles. The fourth-order valence-electron chi connectivity index (χ4n) is 3.35. The van der Waals surface area contributed by atoms with Crippen LogP contribution in [0.25, 0.3) is 0 Å². The van der Waals surface area contributed by atoms with Crippen LogP contribution in [0.4, 0.5) is 14.9 Å². The number of carbonyl (C=O) groups excluding carboxylic acids is 1. The largest absolute Gasteiger partial charge is 0.446 e. The molecule has 2 atom stereocenters. The fourth-order valence-corrected chi connectivity index (χ4v) is 3.71. The van der Waals surface area contributed by atoms with Crippen molar-refractivity contribution in [2.24, 2.45) is 0 Å². The van der Waals surface area contributed by atoms with Crippen molar-refractivity contribution < 1.29 is 13.9 Å². The second-order valence-corrected chi connectivity index (χ2v) is 6.57. The molecule has 4 nitrogen and oxygen atoms in total. The number of fused-ring (bicyclic) bond motifs is 2. The molecular formula is C15H18BrFN2O2. The summed E-state index contributed by atoms with van der Waals surface area (Å²) in [5.74, 6) is -0.412. The molecule has 3 rings (SSSR count). The molecule has 21 heavy (non-hydrogen) atoms. The third-order valence-electron chi connectivity index (χ3n) is 4.52. The molecule has 2 fully saturated rings. The summed E-state index contributed by atoms with van der Waals surface area (Å²) >= 11 is 3.12. The number of halogens is 2. The number of amides is 1. The minimum absolute atomic E-state index is 0.0500. The lowest BCUT2D eigenvalue weighted by atomic mass is 10.0. The first-order valence-electron chi connectivity index (χ1n) is 7.18. The molecular weight excluding hydrogens is 339 g/mol. The molecule has 0 radical (unpaired) electrons. The topological polar surface area (TPSA) is 41.6 Å². The lowest BCUT2D eigenvalue weighted by Gasteiger charge is -2.35. The molecule has 2 aliphatic rings. The van der Waals surface area contributed by atoms with Gasteiger partial charge in [-0.15, -0.1) is 0 Å². The van der Waals surface area contributed by atoms with Gasteiger partial charge in [-0.05, 0) is 48.0 Å². The van der Waals surface area contributed by atoms with Crippen molar-refractivity contribution in [1.29, 1.82) is 0 Å². The van der Waals surface area contributed by atoms with Gasteiger partial charge in [0.2, 0.25) is 0 Å². The maximum atomic E-state index is 13.4. The van der Waals surface area contributed by atoms with Crippen LogP contribution in [0.1, 0.15) is 25.7 Å². The number of nitrogens with zero attached hydrogens (tertiary/aromatic N) is 1. The SMILES string of the molecule is CN1C2CCC1CC(OC(=O)Nc1cccc(F)c1Br)C2. The number of ether oxygens (including phenoxy) is 1. The number of carbonyl (C=O) groups is 1. The predicted molar refractivity (Wildman–Crippen MR) is 81.8 cm³/mol. The number of anilines is 1. The van der Waals surface area contributed by atoms with Crippen LogP contribution >= 0.6 is 15.9 Å². The maximum Gasteiger partial charge on any atom is 0.411 e. The zero-order valence-electron chi connectivity index (χ0n) is 11.8. The first-order valence-corrected chi connectivity index (χ1v) is 7.97. The number of benzene rings is 1. The summed E-state index contributed by atoms with van der Waals surface area (Å²) in [5, 5.41) is 2.60. The molecule has 0 saturated carbocycles. The van der Waals surface area contributed by atoms with E-state index in [1.54, 1.807) is 12.1 Å². The summed E-state index contributed by atoms with van der Waals surface area (Å²) in [6, 6.07) is 5.54. The normalized spacial score (nSPS) is 28.4. The van der Waals surface area contributed by atoms with E-state index in [0.29, 0.717) is 17.8 Å². The average molecular weight is 357 g/mol. The Labute approximate surface area is 131 Å². The van der Waals surface area contributed by atoms with Gasteiger partial charge in [0.25, 0.3) is 0 Å². The average Bonchev–Trinajstić information content (AvgIpc) is 2.66. The summed E-state index contributed by atoms with van der Waals surface area (Å²) < 4.78 is 19.1. The number of hydrogen-bond donors (Lipinski definition) is 1. The molecule has 0 spiro atoms. The highest BCUT2D eigenvalue weighted by molar-refractivity contribution is 9.10. The van der Waals surface area contributed by atoms with Gasteiger partial charge in [0.15, 0.2) is 0 Å².